The highest BCUT2D eigenvalue weighted by Crippen LogP contribution is 2.32. The van der Waals surface area contributed by atoms with E-state index in [2.05, 4.69) is 26.2 Å². The van der Waals surface area contributed by atoms with Crippen LogP contribution >= 0.6 is 15.9 Å². The zero-order chi connectivity index (χ0) is 14.7. The van der Waals surface area contributed by atoms with Gasteiger partial charge in [0.15, 0.2) is 11.5 Å². The largest absolute Gasteiger partial charge is 0.493 e. The third-order valence-corrected chi connectivity index (χ3v) is 3.76. The van der Waals surface area contributed by atoms with Crippen LogP contribution in [0.4, 0.5) is 0 Å². The third-order valence-electron chi connectivity index (χ3n) is 3.33. The van der Waals surface area contributed by atoms with E-state index >= 15 is 0 Å². The first kappa shape index (κ1) is 14.4. The van der Waals surface area contributed by atoms with Crippen LogP contribution in [-0.4, -0.2) is 18.1 Å². The van der Waals surface area contributed by atoms with Crippen LogP contribution in [0.2, 0.25) is 0 Å². The molecule has 2 aromatic rings. The highest BCUT2D eigenvalue weighted by molar-refractivity contribution is 9.10. The Kier molecular flexibility index (Phi) is 4.41. The van der Waals surface area contributed by atoms with Gasteiger partial charge in [-0.1, -0.05) is 12.1 Å². The van der Waals surface area contributed by atoms with Crippen LogP contribution in [0.25, 0.3) is 0 Å². The molecule has 1 aromatic carbocycles. The van der Waals surface area contributed by atoms with Crippen molar-refractivity contribution in [3.63, 3.8) is 0 Å². The van der Waals surface area contributed by atoms with E-state index in [4.69, 9.17) is 9.47 Å². The molecule has 1 aliphatic carbocycles. The van der Waals surface area contributed by atoms with E-state index < -0.39 is 0 Å². The predicted molar refractivity (Wildman–Crippen MR) is 84.9 cm³/mol. The van der Waals surface area contributed by atoms with Crippen molar-refractivity contribution in [1.29, 1.82) is 0 Å². The maximum Gasteiger partial charge on any atom is 0.223 e. The lowest BCUT2D eigenvalue weighted by molar-refractivity contribution is 0.372. The van der Waals surface area contributed by atoms with E-state index in [1.165, 1.54) is 12.8 Å². The number of halogens is 1. The van der Waals surface area contributed by atoms with Crippen LogP contribution in [0.5, 0.6) is 17.4 Å². The Balaban J connectivity index is 1.82. The Labute approximate surface area is 132 Å². The number of aromatic nitrogens is 1. The van der Waals surface area contributed by atoms with Crippen LogP contribution in [-0.2, 0) is 6.54 Å². The molecule has 0 bridgehead atoms. The average molecular weight is 349 g/mol. The second-order valence-corrected chi connectivity index (χ2v) is 5.94. The van der Waals surface area contributed by atoms with Crippen LogP contribution < -0.4 is 14.8 Å². The fourth-order valence-electron chi connectivity index (χ4n) is 2.04. The van der Waals surface area contributed by atoms with Crippen molar-refractivity contribution in [2.24, 2.45) is 0 Å². The van der Waals surface area contributed by atoms with Gasteiger partial charge in [-0.05, 0) is 47.0 Å². The summed E-state index contributed by atoms with van der Waals surface area (Å²) < 4.78 is 12.2. The van der Waals surface area contributed by atoms with Gasteiger partial charge in [-0.3, -0.25) is 0 Å². The summed E-state index contributed by atoms with van der Waals surface area (Å²) in [6.07, 6.45) is 4.25. The van der Waals surface area contributed by atoms with Gasteiger partial charge in [0.1, 0.15) is 0 Å². The Bertz CT molecular complexity index is 629. The summed E-state index contributed by atoms with van der Waals surface area (Å²) in [5.74, 6) is 1.97. The molecule has 3 rings (SSSR count). The fraction of sp³-hybridized carbons (Fsp3) is 0.312. The summed E-state index contributed by atoms with van der Waals surface area (Å²) in [7, 11) is 1.63. The highest BCUT2D eigenvalue weighted by Gasteiger charge is 2.21. The first-order chi connectivity index (χ1) is 10.3. The van der Waals surface area contributed by atoms with Crippen LogP contribution in [0.3, 0.4) is 0 Å². The quantitative estimate of drug-likeness (QED) is 0.859. The summed E-state index contributed by atoms with van der Waals surface area (Å²) in [6.45, 7) is 0.752. The smallest absolute Gasteiger partial charge is 0.223 e. The Hall–Kier alpha value is -1.59. The molecular formula is C16H17BrN2O2. The Morgan fingerprint density at radius 2 is 2.05 bits per heavy atom. The van der Waals surface area contributed by atoms with Gasteiger partial charge in [0, 0.05) is 28.8 Å². The predicted octanol–water partition coefficient (Wildman–Crippen LogP) is 3.90. The number of rotatable bonds is 6. The van der Waals surface area contributed by atoms with Gasteiger partial charge < -0.3 is 14.8 Å². The van der Waals surface area contributed by atoms with Crippen molar-refractivity contribution >= 4 is 15.9 Å². The number of ether oxygens (including phenoxy) is 2. The monoisotopic (exact) mass is 348 g/mol. The van der Waals surface area contributed by atoms with Gasteiger partial charge in [-0.25, -0.2) is 4.98 Å². The number of pyridine rings is 1. The van der Waals surface area contributed by atoms with Crippen molar-refractivity contribution in [3.8, 4) is 17.4 Å². The molecule has 110 valence electrons. The maximum atomic E-state index is 5.94. The molecule has 1 saturated carbocycles. The van der Waals surface area contributed by atoms with Crippen LogP contribution in [0.15, 0.2) is 41.0 Å². The van der Waals surface area contributed by atoms with Gasteiger partial charge in [0.2, 0.25) is 5.88 Å². The van der Waals surface area contributed by atoms with E-state index in [9.17, 15) is 0 Å². The first-order valence-corrected chi connectivity index (χ1v) is 7.74. The zero-order valence-corrected chi connectivity index (χ0v) is 13.4. The molecule has 1 aromatic heterocycles. The standard InChI is InChI=1S/C16H17BrN2O2/c1-20-14-4-2-3-5-15(14)21-16-11(8-12(17)10-19-16)9-18-13-6-7-13/h2-5,8,10,13,18H,6-7,9H2,1H3. The topological polar surface area (TPSA) is 43.4 Å². The summed E-state index contributed by atoms with van der Waals surface area (Å²) in [4.78, 5) is 4.38. The molecule has 1 aliphatic rings. The van der Waals surface area contributed by atoms with E-state index in [0.717, 1.165) is 16.6 Å². The number of para-hydroxylation sites is 2. The van der Waals surface area contributed by atoms with Crippen molar-refractivity contribution in [2.75, 3.05) is 7.11 Å². The number of benzene rings is 1. The summed E-state index contributed by atoms with van der Waals surface area (Å²) in [5.41, 5.74) is 1.03. The molecule has 0 amide bonds. The minimum atomic E-state index is 0.607. The van der Waals surface area contributed by atoms with E-state index in [-0.39, 0.29) is 0 Å². The second kappa shape index (κ2) is 6.45. The molecule has 0 saturated heterocycles. The lowest BCUT2D eigenvalue weighted by Crippen LogP contribution is -2.16. The summed E-state index contributed by atoms with van der Waals surface area (Å²) in [5, 5.41) is 3.48. The van der Waals surface area contributed by atoms with Crippen molar-refractivity contribution in [1.82, 2.24) is 10.3 Å². The molecule has 1 heterocycles. The van der Waals surface area contributed by atoms with Gasteiger partial charge in [0.05, 0.1) is 7.11 Å². The number of hydrogen-bond acceptors (Lipinski definition) is 4. The minimum Gasteiger partial charge on any atom is -0.493 e. The van der Waals surface area contributed by atoms with Gasteiger partial charge in [0.25, 0.3) is 0 Å². The molecule has 0 aliphatic heterocycles. The average Bonchev–Trinajstić information content (AvgIpc) is 3.32. The lowest BCUT2D eigenvalue weighted by atomic mass is 10.2. The normalized spacial score (nSPS) is 14.0. The molecule has 0 radical (unpaired) electrons. The molecule has 4 nitrogen and oxygen atoms in total. The van der Waals surface area contributed by atoms with Crippen molar-refractivity contribution < 1.29 is 9.47 Å². The number of methoxy groups -OCH3 is 1. The van der Waals surface area contributed by atoms with Gasteiger partial charge in [-0.15, -0.1) is 0 Å². The van der Waals surface area contributed by atoms with E-state index in [0.29, 0.717) is 23.4 Å². The Morgan fingerprint density at radius 1 is 1.29 bits per heavy atom. The minimum absolute atomic E-state index is 0.607. The number of nitrogens with one attached hydrogen (secondary N) is 1. The molecule has 0 atom stereocenters. The first-order valence-electron chi connectivity index (χ1n) is 6.95. The van der Waals surface area contributed by atoms with Gasteiger partial charge >= 0.3 is 0 Å². The summed E-state index contributed by atoms with van der Waals surface area (Å²) in [6, 6.07) is 10.3. The van der Waals surface area contributed by atoms with Crippen LogP contribution in [0, 0.1) is 0 Å². The van der Waals surface area contributed by atoms with Crippen molar-refractivity contribution in [3.05, 3.63) is 46.6 Å². The van der Waals surface area contributed by atoms with E-state index in [1.807, 2.05) is 30.3 Å². The SMILES string of the molecule is COc1ccccc1Oc1ncc(Br)cc1CNC1CC1. The molecule has 21 heavy (non-hydrogen) atoms. The molecular weight excluding hydrogens is 332 g/mol. The van der Waals surface area contributed by atoms with Crippen LogP contribution in [0.1, 0.15) is 18.4 Å². The third kappa shape index (κ3) is 3.74. The lowest BCUT2D eigenvalue weighted by Gasteiger charge is -2.13. The maximum absolute atomic E-state index is 5.94. The second-order valence-electron chi connectivity index (χ2n) is 5.03. The fourth-order valence-corrected chi connectivity index (χ4v) is 2.41. The molecule has 1 fully saturated rings. The number of hydrogen-bond donors (Lipinski definition) is 1. The molecule has 0 unspecified atom stereocenters. The molecule has 1 N–H and O–H groups in total. The molecule has 5 heteroatoms. The molecule has 0 spiro atoms. The highest BCUT2D eigenvalue weighted by atomic mass is 79.9. The van der Waals surface area contributed by atoms with Crippen molar-refractivity contribution in [2.45, 2.75) is 25.4 Å². The zero-order valence-electron chi connectivity index (χ0n) is 11.8. The summed E-state index contributed by atoms with van der Waals surface area (Å²) >= 11 is 3.46. The number of nitrogens with zero attached hydrogens (tertiary/aromatic N) is 1. The van der Waals surface area contributed by atoms with E-state index in [1.54, 1.807) is 13.3 Å². The van der Waals surface area contributed by atoms with Gasteiger partial charge in [-0.2, -0.15) is 0 Å². The Morgan fingerprint density at radius 3 is 2.76 bits per heavy atom.